The van der Waals surface area contributed by atoms with E-state index in [0.29, 0.717) is 0 Å². The largest absolute Gasteiger partial charge is 0.394 e. The van der Waals surface area contributed by atoms with Gasteiger partial charge in [-0.05, 0) is 6.07 Å². The summed E-state index contributed by atoms with van der Waals surface area (Å²) in [6, 6.07) is 1.78. The molecular formula is C9H14N2O5. The Balaban J connectivity index is 0.000000315. The van der Waals surface area contributed by atoms with Gasteiger partial charge in [0.25, 0.3) is 0 Å². The molecule has 3 atom stereocenters. The lowest BCUT2D eigenvalue weighted by molar-refractivity contribution is -0.127. The molecule has 0 aliphatic rings. The van der Waals surface area contributed by atoms with Gasteiger partial charge in [0.05, 0.1) is 6.61 Å². The van der Waals surface area contributed by atoms with Gasteiger partial charge >= 0.3 is 0 Å². The Bertz CT molecular complexity index is 245. The molecule has 1 aromatic rings. The second kappa shape index (κ2) is 8.86. The minimum absolute atomic E-state index is 0.0869. The average Bonchev–Trinajstić information content (AvgIpc) is 2.38. The number of hydrogen-bond donors (Lipinski definition) is 4. The van der Waals surface area contributed by atoms with Crippen LogP contribution in [0.2, 0.25) is 0 Å². The van der Waals surface area contributed by atoms with Crippen LogP contribution in [-0.4, -0.2) is 61.6 Å². The topological polar surface area (TPSA) is 124 Å². The van der Waals surface area contributed by atoms with Crippen molar-refractivity contribution in [2.24, 2.45) is 0 Å². The molecule has 0 saturated carbocycles. The summed E-state index contributed by atoms with van der Waals surface area (Å²) in [5, 5.41) is 34.1. The first-order valence-corrected chi connectivity index (χ1v) is 4.43. The molecule has 0 aliphatic heterocycles. The number of carbonyl (C=O) groups excluding carboxylic acids is 1. The predicted octanol–water partition coefficient (Wildman–Crippen LogP) is -2.26. The van der Waals surface area contributed by atoms with E-state index in [4.69, 9.17) is 20.4 Å². The lowest BCUT2D eigenvalue weighted by Gasteiger charge is -2.16. The van der Waals surface area contributed by atoms with E-state index in [-0.39, 0.29) is 6.29 Å². The fourth-order valence-corrected chi connectivity index (χ4v) is 0.669. The lowest BCUT2D eigenvalue weighted by Crippen LogP contribution is -2.40. The third-order valence-electron chi connectivity index (χ3n) is 1.55. The molecular weight excluding hydrogens is 216 g/mol. The van der Waals surface area contributed by atoms with Crippen molar-refractivity contribution >= 4 is 6.29 Å². The van der Waals surface area contributed by atoms with E-state index in [1.807, 2.05) is 0 Å². The zero-order valence-corrected chi connectivity index (χ0v) is 8.42. The van der Waals surface area contributed by atoms with Gasteiger partial charge in [-0.2, -0.15) is 0 Å². The summed E-state index contributed by atoms with van der Waals surface area (Å²) in [4.78, 5) is 17.1. The van der Waals surface area contributed by atoms with E-state index in [1.54, 1.807) is 18.5 Å². The summed E-state index contributed by atoms with van der Waals surface area (Å²) < 4.78 is 0. The van der Waals surface area contributed by atoms with Crippen LogP contribution < -0.4 is 0 Å². The molecule has 0 fully saturated rings. The van der Waals surface area contributed by atoms with Crippen LogP contribution in [0.5, 0.6) is 0 Å². The molecule has 7 nitrogen and oxygen atoms in total. The van der Waals surface area contributed by atoms with E-state index in [0.717, 1.165) is 0 Å². The number of nitrogens with zero attached hydrogens (tertiary/aromatic N) is 2. The maximum Gasteiger partial charge on any atom is 0.151 e. The Labute approximate surface area is 92.0 Å². The molecule has 0 amide bonds. The van der Waals surface area contributed by atoms with Gasteiger partial charge in [-0.3, -0.25) is 0 Å². The third kappa shape index (κ3) is 6.14. The van der Waals surface area contributed by atoms with Crippen molar-refractivity contribution in [2.45, 2.75) is 18.3 Å². The quantitative estimate of drug-likeness (QED) is 0.430. The van der Waals surface area contributed by atoms with Crippen LogP contribution in [0.15, 0.2) is 24.8 Å². The van der Waals surface area contributed by atoms with Crippen LogP contribution in [0.3, 0.4) is 0 Å². The van der Waals surface area contributed by atoms with Crippen molar-refractivity contribution in [3.8, 4) is 0 Å². The van der Waals surface area contributed by atoms with E-state index < -0.39 is 24.9 Å². The monoisotopic (exact) mass is 230 g/mol. The molecule has 7 heteroatoms. The highest BCUT2D eigenvalue weighted by molar-refractivity contribution is 5.56. The molecule has 1 aromatic heterocycles. The van der Waals surface area contributed by atoms with Gasteiger partial charge < -0.3 is 25.2 Å². The highest BCUT2D eigenvalue weighted by Crippen LogP contribution is 1.96. The van der Waals surface area contributed by atoms with Crippen LogP contribution in [0.4, 0.5) is 0 Å². The van der Waals surface area contributed by atoms with Crippen molar-refractivity contribution in [1.82, 2.24) is 9.97 Å². The number of aliphatic hydroxyl groups excluding tert-OH is 4. The maximum absolute atomic E-state index is 9.76. The Morgan fingerprint density at radius 1 is 1.19 bits per heavy atom. The second-order valence-corrected chi connectivity index (χ2v) is 2.77. The third-order valence-corrected chi connectivity index (χ3v) is 1.55. The smallest absolute Gasteiger partial charge is 0.151 e. The Morgan fingerprint density at radius 3 is 2.00 bits per heavy atom. The molecule has 1 rings (SSSR count). The minimum atomic E-state index is -1.64. The molecule has 0 bridgehead atoms. The first kappa shape index (κ1) is 14.6. The number of rotatable bonds is 4. The van der Waals surface area contributed by atoms with Gasteiger partial charge in [0.2, 0.25) is 0 Å². The summed E-state index contributed by atoms with van der Waals surface area (Å²) in [7, 11) is 0. The van der Waals surface area contributed by atoms with Crippen LogP contribution >= 0.6 is 0 Å². The molecule has 0 radical (unpaired) electrons. The van der Waals surface area contributed by atoms with Crippen molar-refractivity contribution in [3.63, 3.8) is 0 Å². The standard InChI is InChI=1S/C5H10O5.C4H4N2/c6-1-3(8)5(10)4(9)2-7;1-2-5-4-6-3-1/h1,3-5,7-10H,2H2;1-4H/t3-,4+,5-;/m0./s1. The SMILES string of the molecule is O=C[C@H](O)[C@H](O)[C@H](O)CO.c1cncnc1. The normalized spacial score (nSPS) is 15.2. The Hall–Kier alpha value is -1.41. The molecule has 0 aliphatic carbocycles. The van der Waals surface area contributed by atoms with E-state index in [2.05, 4.69) is 9.97 Å². The van der Waals surface area contributed by atoms with E-state index in [1.165, 1.54) is 6.33 Å². The molecule has 90 valence electrons. The zero-order valence-electron chi connectivity index (χ0n) is 8.42. The number of aromatic nitrogens is 2. The van der Waals surface area contributed by atoms with Gasteiger partial charge in [-0.1, -0.05) is 0 Å². The first-order valence-electron chi connectivity index (χ1n) is 4.43. The molecule has 0 saturated heterocycles. The minimum Gasteiger partial charge on any atom is -0.394 e. The lowest BCUT2D eigenvalue weighted by atomic mass is 10.1. The van der Waals surface area contributed by atoms with E-state index in [9.17, 15) is 4.79 Å². The van der Waals surface area contributed by atoms with Crippen molar-refractivity contribution in [2.75, 3.05) is 6.61 Å². The number of aliphatic hydroxyl groups is 4. The Kier molecular flexibility index (Phi) is 8.08. The molecule has 0 unspecified atom stereocenters. The molecule has 4 N–H and O–H groups in total. The molecule has 0 spiro atoms. The van der Waals surface area contributed by atoms with Gasteiger partial charge in [0.15, 0.2) is 6.29 Å². The van der Waals surface area contributed by atoms with Gasteiger partial charge in [0, 0.05) is 12.4 Å². The second-order valence-electron chi connectivity index (χ2n) is 2.77. The molecule has 16 heavy (non-hydrogen) atoms. The summed E-state index contributed by atoms with van der Waals surface area (Å²) in [6.45, 7) is -0.688. The van der Waals surface area contributed by atoms with Gasteiger partial charge in [-0.15, -0.1) is 0 Å². The van der Waals surface area contributed by atoms with Crippen molar-refractivity contribution < 1.29 is 25.2 Å². The van der Waals surface area contributed by atoms with Gasteiger partial charge in [-0.25, -0.2) is 9.97 Å². The zero-order chi connectivity index (χ0) is 12.4. The maximum atomic E-state index is 9.76. The van der Waals surface area contributed by atoms with Crippen molar-refractivity contribution in [1.29, 1.82) is 0 Å². The van der Waals surface area contributed by atoms with Crippen LogP contribution in [0.25, 0.3) is 0 Å². The fraction of sp³-hybridized carbons (Fsp3) is 0.444. The highest BCUT2D eigenvalue weighted by atomic mass is 16.4. The van der Waals surface area contributed by atoms with Crippen molar-refractivity contribution in [3.05, 3.63) is 24.8 Å². The number of carbonyl (C=O) groups is 1. The number of hydrogen-bond acceptors (Lipinski definition) is 7. The molecule has 1 heterocycles. The summed E-state index contributed by atoms with van der Waals surface area (Å²) in [5.74, 6) is 0. The predicted molar refractivity (Wildman–Crippen MR) is 53.2 cm³/mol. The number of aldehydes is 1. The van der Waals surface area contributed by atoms with E-state index >= 15 is 0 Å². The summed E-state index contributed by atoms with van der Waals surface area (Å²) in [6.07, 6.45) is 0.244. The highest BCUT2D eigenvalue weighted by Gasteiger charge is 2.22. The van der Waals surface area contributed by atoms with Crippen LogP contribution in [-0.2, 0) is 4.79 Å². The van der Waals surface area contributed by atoms with Crippen LogP contribution in [0.1, 0.15) is 0 Å². The fourth-order valence-electron chi connectivity index (χ4n) is 0.669. The summed E-state index contributed by atoms with van der Waals surface area (Å²) in [5.41, 5.74) is 0. The first-order chi connectivity index (χ1) is 7.63. The Morgan fingerprint density at radius 2 is 1.75 bits per heavy atom. The van der Waals surface area contributed by atoms with Crippen LogP contribution in [0, 0.1) is 0 Å². The summed E-state index contributed by atoms with van der Waals surface area (Å²) >= 11 is 0. The van der Waals surface area contributed by atoms with Gasteiger partial charge in [0.1, 0.15) is 24.6 Å². The average molecular weight is 230 g/mol. The molecule has 0 aromatic carbocycles.